The minimum Gasteiger partial charge on any atom is -0.366 e. The van der Waals surface area contributed by atoms with E-state index in [9.17, 15) is 4.79 Å². The van der Waals surface area contributed by atoms with Gasteiger partial charge in [0.1, 0.15) is 11.6 Å². The van der Waals surface area contributed by atoms with Gasteiger partial charge in [0, 0.05) is 17.9 Å². The van der Waals surface area contributed by atoms with Crippen molar-refractivity contribution in [2.45, 2.75) is 19.4 Å². The van der Waals surface area contributed by atoms with Crippen LogP contribution in [-0.4, -0.2) is 37.1 Å². The monoisotopic (exact) mass is 251 g/mol. The number of hydrogen-bond donors (Lipinski definition) is 2. The summed E-state index contributed by atoms with van der Waals surface area (Å²) >= 11 is 1.95. The van der Waals surface area contributed by atoms with Gasteiger partial charge in [-0.3, -0.25) is 0 Å². The third-order valence-corrected chi connectivity index (χ3v) is 4.01. The average Bonchev–Trinajstić information content (AvgIpc) is 2.89. The number of rotatable bonds is 2. The molecule has 0 aliphatic carbocycles. The summed E-state index contributed by atoms with van der Waals surface area (Å²) in [5.41, 5.74) is 0.364. The summed E-state index contributed by atoms with van der Waals surface area (Å²) in [6.45, 7) is 1.80. The van der Waals surface area contributed by atoms with Crippen LogP contribution in [0.4, 0.5) is 5.82 Å². The lowest BCUT2D eigenvalue weighted by Crippen LogP contribution is -2.20. The molecule has 0 amide bonds. The number of fused-ring (bicyclic) bond motifs is 1. The highest BCUT2D eigenvalue weighted by atomic mass is 32.2. The third kappa shape index (κ3) is 1.90. The Balaban J connectivity index is 1.97. The predicted molar refractivity (Wildman–Crippen MR) is 67.7 cm³/mol. The standard InChI is InChI=1S/C10H13N5OS/c1-6-11-8(12-7-2-3-17-5-7)4-9-13-14-10(16)15(6)9/h4,7,12H,2-3,5H2,1H3,(H,14,16). The second-order valence-electron chi connectivity index (χ2n) is 4.12. The first-order valence-electron chi connectivity index (χ1n) is 5.53. The molecule has 1 aliphatic rings. The van der Waals surface area contributed by atoms with E-state index in [0.717, 1.165) is 18.0 Å². The minimum absolute atomic E-state index is 0.243. The van der Waals surface area contributed by atoms with Crippen molar-refractivity contribution in [2.75, 3.05) is 16.8 Å². The van der Waals surface area contributed by atoms with E-state index in [-0.39, 0.29) is 5.69 Å². The van der Waals surface area contributed by atoms with Crippen LogP contribution < -0.4 is 11.0 Å². The fourth-order valence-corrected chi connectivity index (χ4v) is 3.18. The van der Waals surface area contributed by atoms with Gasteiger partial charge in [-0.1, -0.05) is 0 Å². The van der Waals surface area contributed by atoms with Crippen molar-refractivity contribution in [1.29, 1.82) is 0 Å². The summed E-state index contributed by atoms with van der Waals surface area (Å²) in [5, 5.41) is 9.76. The van der Waals surface area contributed by atoms with Gasteiger partial charge in [0.15, 0.2) is 5.65 Å². The molecule has 1 saturated heterocycles. The van der Waals surface area contributed by atoms with Crippen LogP contribution in [0.25, 0.3) is 5.65 Å². The number of H-pyrrole nitrogens is 1. The molecule has 6 nitrogen and oxygen atoms in total. The normalized spacial score (nSPS) is 19.9. The van der Waals surface area contributed by atoms with E-state index in [2.05, 4.69) is 20.5 Å². The van der Waals surface area contributed by atoms with E-state index >= 15 is 0 Å². The molecule has 0 saturated carbocycles. The quantitative estimate of drug-likeness (QED) is 0.819. The maximum absolute atomic E-state index is 11.4. The summed E-state index contributed by atoms with van der Waals surface area (Å²) in [5.74, 6) is 3.75. The number of nitrogens with zero attached hydrogens (tertiary/aromatic N) is 3. The van der Waals surface area contributed by atoms with E-state index in [1.807, 2.05) is 11.8 Å². The molecule has 1 unspecified atom stereocenters. The van der Waals surface area contributed by atoms with E-state index in [1.54, 1.807) is 13.0 Å². The summed E-state index contributed by atoms with van der Waals surface area (Å²) in [6, 6.07) is 2.27. The van der Waals surface area contributed by atoms with Crippen LogP contribution in [0.15, 0.2) is 10.9 Å². The summed E-state index contributed by atoms with van der Waals surface area (Å²) in [6.07, 6.45) is 1.16. The van der Waals surface area contributed by atoms with Gasteiger partial charge in [0.2, 0.25) is 0 Å². The van der Waals surface area contributed by atoms with Crippen LogP contribution in [0.2, 0.25) is 0 Å². The Labute approximate surface area is 102 Å². The predicted octanol–water partition coefficient (Wildman–Crippen LogP) is 0.643. The van der Waals surface area contributed by atoms with E-state index in [1.165, 1.54) is 10.2 Å². The van der Waals surface area contributed by atoms with Gasteiger partial charge in [0.05, 0.1) is 0 Å². The Morgan fingerprint density at radius 3 is 3.29 bits per heavy atom. The number of aryl methyl sites for hydroxylation is 1. The summed E-state index contributed by atoms with van der Waals surface area (Å²) < 4.78 is 1.47. The molecule has 90 valence electrons. The molecule has 2 N–H and O–H groups in total. The highest BCUT2D eigenvalue weighted by molar-refractivity contribution is 7.99. The lowest BCUT2D eigenvalue weighted by Gasteiger charge is -2.12. The van der Waals surface area contributed by atoms with Gasteiger partial charge in [-0.25, -0.2) is 19.3 Å². The van der Waals surface area contributed by atoms with Gasteiger partial charge in [0.25, 0.3) is 0 Å². The molecule has 2 aromatic rings. The van der Waals surface area contributed by atoms with Crippen molar-refractivity contribution < 1.29 is 0 Å². The van der Waals surface area contributed by atoms with Gasteiger partial charge in [-0.15, -0.1) is 0 Å². The Morgan fingerprint density at radius 2 is 2.53 bits per heavy atom. The van der Waals surface area contributed by atoms with Crippen molar-refractivity contribution in [3.05, 3.63) is 22.4 Å². The molecule has 3 rings (SSSR count). The second-order valence-corrected chi connectivity index (χ2v) is 5.27. The molecule has 0 aromatic carbocycles. The smallest absolute Gasteiger partial charge is 0.349 e. The molecule has 2 aromatic heterocycles. The van der Waals surface area contributed by atoms with Gasteiger partial charge in [-0.2, -0.15) is 16.9 Å². The fourth-order valence-electron chi connectivity index (χ4n) is 2.03. The molecule has 1 aliphatic heterocycles. The maximum Gasteiger partial charge on any atom is 0.349 e. The highest BCUT2D eigenvalue weighted by Gasteiger charge is 2.16. The van der Waals surface area contributed by atoms with E-state index < -0.39 is 0 Å². The zero-order valence-electron chi connectivity index (χ0n) is 9.43. The molecule has 0 spiro atoms. The molecule has 1 atom stereocenters. The fraction of sp³-hybridized carbons (Fsp3) is 0.500. The highest BCUT2D eigenvalue weighted by Crippen LogP contribution is 2.20. The average molecular weight is 251 g/mol. The van der Waals surface area contributed by atoms with Crippen LogP contribution in [0, 0.1) is 6.92 Å². The second kappa shape index (κ2) is 4.06. The molecule has 7 heteroatoms. The van der Waals surface area contributed by atoms with E-state index in [4.69, 9.17) is 0 Å². The molecule has 1 fully saturated rings. The Kier molecular flexibility index (Phi) is 2.54. The third-order valence-electron chi connectivity index (χ3n) is 2.85. The number of aromatic amines is 1. The Hall–Kier alpha value is -1.50. The van der Waals surface area contributed by atoms with Crippen molar-refractivity contribution in [3.63, 3.8) is 0 Å². The van der Waals surface area contributed by atoms with E-state index in [0.29, 0.717) is 17.5 Å². The van der Waals surface area contributed by atoms with Crippen LogP contribution in [0.1, 0.15) is 12.2 Å². The maximum atomic E-state index is 11.4. The van der Waals surface area contributed by atoms with Crippen LogP contribution in [-0.2, 0) is 0 Å². The van der Waals surface area contributed by atoms with Crippen molar-refractivity contribution in [1.82, 2.24) is 19.6 Å². The SMILES string of the molecule is Cc1nc(NC2CCSC2)cc2n[nH]c(=O)n12. The topological polar surface area (TPSA) is 75.1 Å². The summed E-state index contributed by atoms with van der Waals surface area (Å²) in [7, 11) is 0. The van der Waals surface area contributed by atoms with Gasteiger partial charge >= 0.3 is 5.69 Å². The first-order valence-corrected chi connectivity index (χ1v) is 6.68. The zero-order valence-corrected chi connectivity index (χ0v) is 10.3. The lowest BCUT2D eigenvalue weighted by atomic mass is 10.2. The van der Waals surface area contributed by atoms with Gasteiger partial charge < -0.3 is 5.32 Å². The molecular weight excluding hydrogens is 238 g/mol. The zero-order chi connectivity index (χ0) is 11.8. The molecular formula is C10H13N5OS. The van der Waals surface area contributed by atoms with Crippen LogP contribution in [0.5, 0.6) is 0 Å². The Bertz CT molecular complexity index is 598. The number of anilines is 1. The summed E-state index contributed by atoms with van der Waals surface area (Å²) in [4.78, 5) is 15.8. The molecule has 0 bridgehead atoms. The first-order chi connectivity index (χ1) is 8.24. The number of thioether (sulfide) groups is 1. The largest absolute Gasteiger partial charge is 0.366 e. The van der Waals surface area contributed by atoms with Crippen LogP contribution in [0.3, 0.4) is 0 Å². The molecule has 3 heterocycles. The molecule has 17 heavy (non-hydrogen) atoms. The van der Waals surface area contributed by atoms with Gasteiger partial charge in [-0.05, 0) is 19.1 Å². The van der Waals surface area contributed by atoms with Crippen molar-refractivity contribution in [2.24, 2.45) is 0 Å². The van der Waals surface area contributed by atoms with Crippen molar-refractivity contribution in [3.8, 4) is 0 Å². The lowest BCUT2D eigenvalue weighted by molar-refractivity contribution is 0.801. The van der Waals surface area contributed by atoms with Crippen molar-refractivity contribution >= 4 is 23.2 Å². The molecule has 0 radical (unpaired) electrons. The number of nitrogens with one attached hydrogen (secondary N) is 2. The minimum atomic E-state index is -0.243. The Morgan fingerprint density at radius 1 is 1.65 bits per heavy atom. The first kappa shape index (κ1) is 10.6. The number of aromatic nitrogens is 4. The van der Waals surface area contributed by atoms with Crippen LogP contribution >= 0.6 is 11.8 Å². The number of hydrogen-bond acceptors (Lipinski definition) is 5.